The molecule has 0 bridgehead atoms. The Balaban J connectivity index is 1.79. The third kappa shape index (κ3) is 1.98. The van der Waals surface area contributed by atoms with Crippen LogP contribution in [0.2, 0.25) is 0 Å². The Kier molecular flexibility index (Phi) is 2.89. The maximum Gasteiger partial charge on any atom is 0.134 e. The standard InChI is InChI=1S/C15H19NO/c1-2-16-10-12-7-8-13(12)15-9-11-5-3-4-6-14(11)17-15/h3-6,9,12-13,16H,2,7-8,10H2,1H3. The Morgan fingerprint density at radius 3 is 2.88 bits per heavy atom. The van der Waals surface area contributed by atoms with Gasteiger partial charge in [0, 0.05) is 11.3 Å². The van der Waals surface area contributed by atoms with Crippen molar-refractivity contribution in [3.63, 3.8) is 0 Å². The van der Waals surface area contributed by atoms with Crippen molar-refractivity contribution in [3.8, 4) is 0 Å². The molecule has 1 aliphatic carbocycles. The van der Waals surface area contributed by atoms with Crippen molar-refractivity contribution >= 4 is 11.0 Å². The molecule has 2 aromatic rings. The lowest BCUT2D eigenvalue weighted by molar-refractivity contribution is 0.220. The zero-order chi connectivity index (χ0) is 11.7. The molecule has 1 heterocycles. The summed E-state index contributed by atoms with van der Waals surface area (Å²) in [5, 5.41) is 4.67. The average Bonchev–Trinajstić information content (AvgIpc) is 2.70. The highest BCUT2D eigenvalue weighted by Crippen LogP contribution is 2.43. The average molecular weight is 229 g/mol. The molecule has 1 aromatic carbocycles. The van der Waals surface area contributed by atoms with Crippen LogP contribution in [0.3, 0.4) is 0 Å². The first kappa shape index (κ1) is 10.8. The van der Waals surface area contributed by atoms with Crippen LogP contribution in [0.4, 0.5) is 0 Å². The Labute approximate surface area is 102 Å². The summed E-state index contributed by atoms with van der Waals surface area (Å²) in [6, 6.07) is 10.5. The number of fused-ring (bicyclic) bond motifs is 1. The largest absolute Gasteiger partial charge is 0.461 e. The molecule has 0 radical (unpaired) electrons. The molecule has 2 atom stereocenters. The van der Waals surface area contributed by atoms with Crippen LogP contribution in [0.15, 0.2) is 34.7 Å². The van der Waals surface area contributed by atoms with Gasteiger partial charge < -0.3 is 9.73 Å². The normalized spacial score (nSPS) is 23.8. The van der Waals surface area contributed by atoms with E-state index in [0.29, 0.717) is 5.92 Å². The van der Waals surface area contributed by atoms with E-state index >= 15 is 0 Å². The van der Waals surface area contributed by atoms with E-state index in [1.165, 1.54) is 24.0 Å². The van der Waals surface area contributed by atoms with E-state index in [2.05, 4.69) is 36.5 Å². The van der Waals surface area contributed by atoms with Gasteiger partial charge in [0.15, 0.2) is 0 Å². The SMILES string of the molecule is CCNCC1CCC1c1cc2ccccc2o1. The van der Waals surface area contributed by atoms with Gasteiger partial charge in [-0.2, -0.15) is 0 Å². The van der Waals surface area contributed by atoms with Crippen molar-refractivity contribution in [2.45, 2.75) is 25.7 Å². The summed E-state index contributed by atoms with van der Waals surface area (Å²) in [6.07, 6.45) is 2.60. The van der Waals surface area contributed by atoms with Crippen LogP contribution in [0, 0.1) is 5.92 Å². The summed E-state index contributed by atoms with van der Waals surface area (Å²) >= 11 is 0. The minimum Gasteiger partial charge on any atom is -0.461 e. The molecule has 1 fully saturated rings. The van der Waals surface area contributed by atoms with Gasteiger partial charge in [0.1, 0.15) is 11.3 Å². The van der Waals surface area contributed by atoms with Gasteiger partial charge in [0.2, 0.25) is 0 Å². The lowest BCUT2D eigenvalue weighted by Gasteiger charge is -2.35. The van der Waals surface area contributed by atoms with Crippen LogP contribution in [0.1, 0.15) is 31.4 Å². The van der Waals surface area contributed by atoms with Gasteiger partial charge >= 0.3 is 0 Å². The van der Waals surface area contributed by atoms with E-state index in [0.717, 1.165) is 24.6 Å². The lowest BCUT2D eigenvalue weighted by atomic mass is 9.72. The molecule has 0 spiro atoms. The summed E-state index contributed by atoms with van der Waals surface area (Å²) in [5.74, 6) is 2.57. The summed E-state index contributed by atoms with van der Waals surface area (Å²) in [6.45, 7) is 4.34. The molecule has 0 aliphatic heterocycles. The zero-order valence-electron chi connectivity index (χ0n) is 10.3. The van der Waals surface area contributed by atoms with Crippen LogP contribution in [0.5, 0.6) is 0 Å². The third-order valence-corrected chi connectivity index (χ3v) is 3.88. The number of para-hydroxylation sites is 1. The van der Waals surface area contributed by atoms with Gasteiger partial charge in [-0.3, -0.25) is 0 Å². The minimum atomic E-state index is 0.626. The molecule has 2 heteroatoms. The predicted molar refractivity (Wildman–Crippen MR) is 70.2 cm³/mol. The zero-order valence-corrected chi connectivity index (χ0v) is 10.3. The van der Waals surface area contributed by atoms with Crippen molar-refractivity contribution in [2.24, 2.45) is 5.92 Å². The smallest absolute Gasteiger partial charge is 0.134 e. The van der Waals surface area contributed by atoms with Crippen molar-refractivity contribution < 1.29 is 4.42 Å². The Morgan fingerprint density at radius 1 is 1.29 bits per heavy atom. The first-order valence-corrected chi connectivity index (χ1v) is 6.57. The van der Waals surface area contributed by atoms with Gasteiger partial charge in [-0.05, 0) is 44.0 Å². The molecule has 90 valence electrons. The van der Waals surface area contributed by atoms with Crippen molar-refractivity contribution in [3.05, 3.63) is 36.1 Å². The fraction of sp³-hybridized carbons (Fsp3) is 0.467. The molecule has 1 saturated carbocycles. The highest BCUT2D eigenvalue weighted by molar-refractivity contribution is 5.77. The molecule has 1 aliphatic rings. The second-order valence-electron chi connectivity index (χ2n) is 4.94. The van der Waals surface area contributed by atoms with Crippen molar-refractivity contribution in [1.82, 2.24) is 5.32 Å². The second-order valence-corrected chi connectivity index (χ2v) is 4.94. The molecule has 3 rings (SSSR count). The van der Waals surface area contributed by atoms with Gasteiger partial charge in [-0.15, -0.1) is 0 Å². The first-order chi connectivity index (χ1) is 8.38. The van der Waals surface area contributed by atoms with Gasteiger partial charge in [-0.1, -0.05) is 25.1 Å². The summed E-state index contributed by atoms with van der Waals surface area (Å²) in [5.41, 5.74) is 1.02. The molecule has 1 aromatic heterocycles. The topological polar surface area (TPSA) is 25.2 Å². The highest BCUT2D eigenvalue weighted by Gasteiger charge is 2.33. The lowest BCUT2D eigenvalue weighted by Crippen LogP contribution is -2.33. The molecular formula is C15H19NO. The van der Waals surface area contributed by atoms with Crippen LogP contribution in [0.25, 0.3) is 11.0 Å². The fourth-order valence-electron chi connectivity index (χ4n) is 2.70. The van der Waals surface area contributed by atoms with Crippen LogP contribution in [-0.2, 0) is 0 Å². The summed E-state index contributed by atoms with van der Waals surface area (Å²) < 4.78 is 5.95. The van der Waals surface area contributed by atoms with E-state index < -0.39 is 0 Å². The molecule has 0 saturated heterocycles. The quantitative estimate of drug-likeness (QED) is 0.867. The maximum atomic E-state index is 5.95. The number of nitrogens with one attached hydrogen (secondary N) is 1. The number of furan rings is 1. The van der Waals surface area contributed by atoms with Crippen molar-refractivity contribution in [1.29, 1.82) is 0 Å². The second kappa shape index (κ2) is 4.53. The number of hydrogen-bond acceptors (Lipinski definition) is 2. The van der Waals surface area contributed by atoms with Gasteiger partial charge in [-0.25, -0.2) is 0 Å². The van der Waals surface area contributed by atoms with Gasteiger partial charge in [0.25, 0.3) is 0 Å². The van der Waals surface area contributed by atoms with Gasteiger partial charge in [0.05, 0.1) is 0 Å². The molecule has 1 N–H and O–H groups in total. The molecular weight excluding hydrogens is 210 g/mol. The van der Waals surface area contributed by atoms with E-state index in [1.807, 2.05) is 6.07 Å². The monoisotopic (exact) mass is 229 g/mol. The number of hydrogen-bond donors (Lipinski definition) is 1. The van der Waals surface area contributed by atoms with Crippen molar-refractivity contribution in [2.75, 3.05) is 13.1 Å². The van der Waals surface area contributed by atoms with Crippen LogP contribution < -0.4 is 5.32 Å². The Morgan fingerprint density at radius 2 is 2.18 bits per heavy atom. The molecule has 17 heavy (non-hydrogen) atoms. The highest BCUT2D eigenvalue weighted by atomic mass is 16.3. The fourth-order valence-corrected chi connectivity index (χ4v) is 2.70. The van der Waals surface area contributed by atoms with E-state index in [4.69, 9.17) is 4.42 Å². The van der Waals surface area contributed by atoms with E-state index in [9.17, 15) is 0 Å². The molecule has 2 nitrogen and oxygen atoms in total. The summed E-state index contributed by atoms with van der Waals surface area (Å²) in [4.78, 5) is 0. The Bertz CT molecular complexity index is 469. The van der Waals surface area contributed by atoms with Crippen LogP contribution in [-0.4, -0.2) is 13.1 Å². The Hall–Kier alpha value is -1.28. The number of rotatable bonds is 4. The minimum absolute atomic E-state index is 0.626. The molecule has 0 amide bonds. The van der Waals surface area contributed by atoms with E-state index in [-0.39, 0.29) is 0 Å². The first-order valence-electron chi connectivity index (χ1n) is 6.57. The van der Waals surface area contributed by atoms with E-state index in [1.54, 1.807) is 0 Å². The predicted octanol–water partition coefficient (Wildman–Crippen LogP) is 3.54. The van der Waals surface area contributed by atoms with Crippen LogP contribution >= 0.6 is 0 Å². The summed E-state index contributed by atoms with van der Waals surface area (Å²) in [7, 11) is 0. The maximum absolute atomic E-state index is 5.95. The number of benzene rings is 1. The third-order valence-electron chi connectivity index (χ3n) is 3.88. The molecule has 2 unspecified atom stereocenters.